The van der Waals surface area contributed by atoms with Crippen LogP contribution in [0, 0.1) is 0 Å². The maximum absolute atomic E-state index is 13.3. The summed E-state index contributed by atoms with van der Waals surface area (Å²) in [7, 11) is 2.97. The van der Waals surface area contributed by atoms with Gasteiger partial charge in [-0.1, -0.05) is 12.1 Å². The number of rotatable bonds is 7. The van der Waals surface area contributed by atoms with E-state index in [4.69, 9.17) is 19.2 Å². The molecule has 2 unspecified atom stereocenters. The molecule has 3 aromatic rings. The molecule has 0 N–H and O–H groups in total. The number of carbonyl (C=O) groups is 2. The Morgan fingerprint density at radius 1 is 1.08 bits per heavy atom. The summed E-state index contributed by atoms with van der Waals surface area (Å²) in [6.45, 7) is 7.90. The average molecular weight is 535 g/mol. The minimum absolute atomic E-state index is 0.0326. The highest BCUT2D eigenvalue weighted by Gasteiger charge is 2.46. The van der Waals surface area contributed by atoms with Crippen LogP contribution in [0.2, 0.25) is 0 Å². The first-order valence-corrected chi connectivity index (χ1v) is 13.0. The second kappa shape index (κ2) is 10.5. The lowest BCUT2D eigenvalue weighted by Crippen LogP contribution is -2.38. The van der Waals surface area contributed by atoms with Gasteiger partial charge in [-0.3, -0.25) is 4.90 Å². The molecule has 11 nitrogen and oxygen atoms in total. The zero-order chi connectivity index (χ0) is 27.7. The molecule has 1 aliphatic heterocycles. The molecule has 1 aromatic carbocycles. The van der Waals surface area contributed by atoms with Crippen molar-refractivity contribution < 1.29 is 23.8 Å². The predicted octanol–water partition coefficient (Wildman–Crippen LogP) is 3.78. The quantitative estimate of drug-likeness (QED) is 0.418. The first kappa shape index (κ1) is 26.5. The Balaban J connectivity index is 1.30. The minimum atomic E-state index is -0.600. The second-order valence-corrected chi connectivity index (χ2v) is 10.8. The molecule has 0 bridgehead atoms. The lowest BCUT2D eigenvalue weighted by molar-refractivity contribution is 0.0210. The fourth-order valence-corrected chi connectivity index (χ4v) is 4.81. The summed E-state index contributed by atoms with van der Waals surface area (Å²) in [5.74, 6) is 1.96. The molecular weight excluding hydrogens is 500 g/mol. The summed E-state index contributed by atoms with van der Waals surface area (Å²) in [6, 6.07) is 8.04. The zero-order valence-electron chi connectivity index (χ0n) is 23.0. The first-order chi connectivity index (χ1) is 18.6. The van der Waals surface area contributed by atoms with Gasteiger partial charge in [0, 0.05) is 43.6 Å². The van der Waals surface area contributed by atoms with E-state index in [1.807, 2.05) is 44.0 Å². The van der Waals surface area contributed by atoms with E-state index in [0.29, 0.717) is 37.7 Å². The molecule has 11 heteroatoms. The summed E-state index contributed by atoms with van der Waals surface area (Å²) in [5, 5.41) is 0. The molecule has 2 atom stereocenters. The van der Waals surface area contributed by atoms with Gasteiger partial charge in [0.05, 0.1) is 38.6 Å². The van der Waals surface area contributed by atoms with Gasteiger partial charge < -0.3 is 23.7 Å². The van der Waals surface area contributed by atoms with E-state index in [9.17, 15) is 9.59 Å². The Hall–Kier alpha value is -4.15. The van der Waals surface area contributed by atoms with Crippen molar-refractivity contribution in [2.45, 2.75) is 64.4 Å². The van der Waals surface area contributed by atoms with Crippen molar-refractivity contribution in [3.8, 4) is 5.75 Å². The maximum atomic E-state index is 13.3. The summed E-state index contributed by atoms with van der Waals surface area (Å²) in [6.07, 6.45) is 5.47. The second-order valence-electron chi connectivity index (χ2n) is 10.8. The number of methoxy groups -OCH3 is 2. The van der Waals surface area contributed by atoms with Crippen LogP contribution >= 0.6 is 0 Å². The number of benzene rings is 1. The third-order valence-electron chi connectivity index (χ3n) is 6.86. The molecule has 206 valence electrons. The van der Waals surface area contributed by atoms with Crippen molar-refractivity contribution in [3.05, 3.63) is 65.5 Å². The number of imidazole rings is 1. The smallest absolute Gasteiger partial charge is 0.410 e. The third-order valence-corrected chi connectivity index (χ3v) is 6.86. The number of aromatic nitrogens is 4. The number of fused-ring (bicyclic) bond motifs is 1. The highest BCUT2D eigenvalue weighted by Crippen LogP contribution is 2.46. The number of ether oxygens (including phenoxy) is 3. The average Bonchev–Trinajstić information content (AvgIpc) is 3.61. The van der Waals surface area contributed by atoms with Crippen LogP contribution in [0.3, 0.4) is 0 Å². The lowest BCUT2D eigenvalue weighted by atomic mass is 10.1. The highest BCUT2D eigenvalue weighted by molar-refractivity contribution is 5.88. The van der Waals surface area contributed by atoms with E-state index in [2.05, 4.69) is 26.7 Å². The van der Waals surface area contributed by atoms with Crippen molar-refractivity contribution in [1.29, 1.82) is 0 Å². The van der Waals surface area contributed by atoms with Gasteiger partial charge in [0.2, 0.25) is 5.95 Å². The van der Waals surface area contributed by atoms with Gasteiger partial charge in [0.15, 0.2) is 0 Å². The molecule has 0 saturated heterocycles. The molecule has 1 fully saturated rings. The van der Waals surface area contributed by atoms with E-state index < -0.39 is 11.6 Å². The summed E-state index contributed by atoms with van der Waals surface area (Å²) in [5.41, 5.74) is 1.68. The molecule has 2 aromatic heterocycles. The third kappa shape index (κ3) is 5.97. The van der Waals surface area contributed by atoms with Crippen LogP contribution in [0.4, 0.5) is 10.7 Å². The predicted molar refractivity (Wildman–Crippen MR) is 143 cm³/mol. The molecule has 1 aliphatic carbocycles. The Kier molecular flexibility index (Phi) is 7.16. The van der Waals surface area contributed by atoms with Crippen molar-refractivity contribution in [2.24, 2.45) is 0 Å². The van der Waals surface area contributed by atoms with Gasteiger partial charge >= 0.3 is 12.1 Å². The van der Waals surface area contributed by atoms with Crippen LogP contribution in [0.15, 0.2) is 42.9 Å². The van der Waals surface area contributed by atoms with Crippen LogP contribution < -0.4 is 9.64 Å². The first-order valence-electron chi connectivity index (χ1n) is 13.0. The van der Waals surface area contributed by atoms with E-state index in [1.54, 1.807) is 12.0 Å². The Bertz CT molecular complexity index is 1330. The van der Waals surface area contributed by atoms with E-state index in [-0.39, 0.29) is 18.1 Å². The molecule has 0 spiro atoms. The summed E-state index contributed by atoms with van der Waals surface area (Å²) in [4.78, 5) is 42.3. The Labute approximate surface area is 227 Å². The number of nitrogens with zero attached hydrogens (tertiary/aromatic N) is 6. The largest absolute Gasteiger partial charge is 0.497 e. The molecule has 0 radical (unpaired) electrons. The van der Waals surface area contributed by atoms with Crippen LogP contribution in [0.5, 0.6) is 5.75 Å². The zero-order valence-corrected chi connectivity index (χ0v) is 23.0. The number of carbonyl (C=O) groups excluding carboxylic acids is 2. The van der Waals surface area contributed by atoms with Crippen molar-refractivity contribution in [1.82, 2.24) is 24.4 Å². The Morgan fingerprint density at radius 3 is 2.44 bits per heavy atom. The van der Waals surface area contributed by atoms with Crippen LogP contribution in [0.25, 0.3) is 0 Å². The molecule has 39 heavy (non-hydrogen) atoms. The number of hydrogen-bond acceptors (Lipinski definition) is 9. The van der Waals surface area contributed by atoms with Crippen LogP contribution in [-0.4, -0.2) is 68.9 Å². The van der Waals surface area contributed by atoms with Crippen molar-refractivity contribution in [2.75, 3.05) is 25.7 Å². The number of anilines is 1. The topological polar surface area (TPSA) is 112 Å². The van der Waals surface area contributed by atoms with Gasteiger partial charge in [-0.25, -0.2) is 24.5 Å². The van der Waals surface area contributed by atoms with E-state index in [0.717, 1.165) is 23.7 Å². The maximum Gasteiger partial charge on any atom is 0.410 e. The Morgan fingerprint density at radius 2 is 1.79 bits per heavy atom. The van der Waals surface area contributed by atoms with E-state index in [1.165, 1.54) is 25.1 Å². The fraction of sp³-hybridized carbons (Fsp3) is 0.464. The van der Waals surface area contributed by atoms with Crippen molar-refractivity contribution in [3.63, 3.8) is 0 Å². The fourth-order valence-electron chi connectivity index (χ4n) is 4.81. The number of hydrogen-bond donors (Lipinski definition) is 0. The minimum Gasteiger partial charge on any atom is -0.497 e. The van der Waals surface area contributed by atoms with Gasteiger partial charge in [-0.15, -0.1) is 0 Å². The molecular formula is C28H34N6O5. The van der Waals surface area contributed by atoms with Crippen LogP contribution in [0.1, 0.15) is 60.5 Å². The lowest BCUT2D eigenvalue weighted by Gasteiger charge is -2.27. The molecule has 2 aliphatic rings. The van der Waals surface area contributed by atoms with Gasteiger partial charge in [0.1, 0.15) is 17.2 Å². The number of amides is 1. The monoisotopic (exact) mass is 534 g/mol. The summed E-state index contributed by atoms with van der Waals surface area (Å²) >= 11 is 0. The standard InChI is InChI=1S/C28H34N6O5/c1-28(2,3)39-27(36)34(23-12-22(23)18-6-8-21(37-4)9-7-18)16-20-15-32-10-11-33(17-24(32)31-20)26-29-13-19(14-30-26)25(35)38-5/h6-9,13-15,22-23H,10-12,16-17H2,1-5H3. The van der Waals surface area contributed by atoms with Crippen molar-refractivity contribution >= 4 is 18.0 Å². The normalized spacial score (nSPS) is 18.2. The van der Waals surface area contributed by atoms with Gasteiger partial charge in [-0.05, 0) is 44.9 Å². The molecule has 1 saturated carbocycles. The van der Waals surface area contributed by atoms with E-state index >= 15 is 0 Å². The molecule has 5 rings (SSSR count). The summed E-state index contributed by atoms with van der Waals surface area (Å²) < 4.78 is 17.9. The van der Waals surface area contributed by atoms with Crippen LogP contribution in [-0.2, 0) is 29.1 Å². The SMILES string of the molecule is COC(=O)c1cnc(N2CCn3cc(CN(C(=O)OC(C)(C)C)C4CC4c4ccc(OC)cc4)nc3C2)nc1. The molecule has 1 amide bonds. The molecule has 3 heterocycles. The van der Waals surface area contributed by atoms with Gasteiger partial charge in [-0.2, -0.15) is 0 Å². The van der Waals surface area contributed by atoms with Gasteiger partial charge in [0.25, 0.3) is 0 Å². The highest BCUT2D eigenvalue weighted by atomic mass is 16.6. The number of esters is 1.